The minimum absolute atomic E-state index is 0.00928. The molecule has 8 heteroatoms. The van der Waals surface area contributed by atoms with Gasteiger partial charge in [-0.3, -0.25) is 4.79 Å². The third kappa shape index (κ3) is 4.50. The van der Waals surface area contributed by atoms with Crippen LogP contribution in [0.4, 0.5) is 11.8 Å². The van der Waals surface area contributed by atoms with Crippen LogP contribution in [0, 0.1) is 0 Å². The Hall–Kier alpha value is -2.87. The largest absolute Gasteiger partial charge is 0.484 e. The van der Waals surface area contributed by atoms with Gasteiger partial charge in [0.25, 0.3) is 5.91 Å². The zero-order valence-electron chi connectivity index (χ0n) is 18.9. The second-order valence-electron chi connectivity index (χ2n) is 8.92. The van der Waals surface area contributed by atoms with E-state index in [-0.39, 0.29) is 12.5 Å². The lowest BCUT2D eigenvalue weighted by Crippen LogP contribution is -2.46. The summed E-state index contributed by atoms with van der Waals surface area (Å²) in [6.07, 6.45) is 3.14. The number of benzene rings is 1. The fourth-order valence-corrected chi connectivity index (χ4v) is 4.69. The highest BCUT2D eigenvalue weighted by Crippen LogP contribution is 2.31. The van der Waals surface area contributed by atoms with Crippen LogP contribution in [0.2, 0.25) is 0 Å². The Labute approximate surface area is 189 Å². The molecule has 3 aliphatic rings. The Morgan fingerprint density at radius 3 is 2.44 bits per heavy atom. The van der Waals surface area contributed by atoms with Crippen LogP contribution < -0.4 is 14.5 Å². The molecule has 5 rings (SSSR count). The average molecular weight is 437 g/mol. The van der Waals surface area contributed by atoms with Gasteiger partial charge >= 0.3 is 0 Å². The van der Waals surface area contributed by atoms with Crippen molar-refractivity contribution < 1.29 is 9.53 Å². The quantitative estimate of drug-likeness (QED) is 0.708. The van der Waals surface area contributed by atoms with E-state index in [0.717, 1.165) is 74.5 Å². The summed E-state index contributed by atoms with van der Waals surface area (Å²) in [5, 5.41) is 0. The van der Waals surface area contributed by atoms with E-state index in [9.17, 15) is 4.79 Å². The number of carbonyl (C=O) groups excluding carboxylic acids is 1. The van der Waals surface area contributed by atoms with Crippen molar-refractivity contribution in [2.75, 3.05) is 69.3 Å². The van der Waals surface area contributed by atoms with Crippen LogP contribution in [0.1, 0.15) is 24.1 Å². The van der Waals surface area contributed by atoms with Crippen molar-refractivity contribution in [3.05, 3.63) is 41.6 Å². The molecule has 0 saturated carbocycles. The van der Waals surface area contributed by atoms with E-state index in [1.807, 2.05) is 35.2 Å². The van der Waals surface area contributed by atoms with Crippen LogP contribution in [-0.2, 0) is 17.8 Å². The second-order valence-corrected chi connectivity index (χ2v) is 8.92. The Balaban J connectivity index is 1.35. The number of para-hydroxylation sites is 1. The molecule has 1 aromatic heterocycles. The molecule has 2 aromatic rings. The van der Waals surface area contributed by atoms with Gasteiger partial charge in [0.05, 0.1) is 12.2 Å². The van der Waals surface area contributed by atoms with Crippen molar-refractivity contribution in [2.24, 2.45) is 0 Å². The SMILES string of the molecule is CN1CCN(c2nc3c(c(N4CCCC4)n2)CN(C(=O)COc2ccccc2)CC3)CC1. The van der Waals surface area contributed by atoms with E-state index < -0.39 is 0 Å². The maximum atomic E-state index is 12.9. The molecule has 170 valence electrons. The first-order valence-electron chi connectivity index (χ1n) is 11.7. The molecule has 2 saturated heterocycles. The average Bonchev–Trinajstić information content (AvgIpc) is 3.37. The zero-order valence-corrected chi connectivity index (χ0v) is 18.9. The molecule has 3 aliphatic heterocycles. The van der Waals surface area contributed by atoms with E-state index in [1.165, 1.54) is 12.8 Å². The van der Waals surface area contributed by atoms with Gasteiger partial charge in [-0.15, -0.1) is 0 Å². The zero-order chi connectivity index (χ0) is 21.9. The smallest absolute Gasteiger partial charge is 0.260 e. The number of aromatic nitrogens is 2. The highest BCUT2D eigenvalue weighted by atomic mass is 16.5. The van der Waals surface area contributed by atoms with Crippen molar-refractivity contribution >= 4 is 17.7 Å². The van der Waals surface area contributed by atoms with Crippen LogP contribution in [-0.4, -0.2) is 85.1 Å². The highest BCUT2D eigenvalue weighted by Gasteiger charge is 2.30. The van der Waals surface area contributed by atoms with Crippen LogP contribution in [0.5, 0.6) is 5.75 Å². The molecule has 8 nitrogen and oxygen atoms in total. The molecule has 0 N–H and O–H groups in total. The summed E-state index contributed by atoms with van der Waals surface area (Å²) in [5.74, 6) is 2.61. The summed E-state index contributed by atoms with van der Waals surface area (Å²) in [7, 11) is 2.16. The molecule has 1 aromatic carbocycles. The van der Waals surface area contributed by atoms with Gasteiger partial charge in [-0.1, -0.05) is 18.2 Å². The predicted octanol–water partition coefficient (Wildman–Crippen LogP) is 1.79. The van der Waals surface area contributed by atoms with Crippen LogP contribution >= 0.6 is 0 Å². The highest BCUT2D eigenvalue weighted by molar-refractivity contribution is 5.78. The van der Waals surface area contributed by atoms with Crippen molar-refractivity contribution in [2.45, 2.75) is 25.8 Å². The molecular formula is C24H32N6O2. The van der Waals surface area contributed by atoms with Gasteiger partial charge in [-0.25, -0.2) is 4.98 Å². The number of anilines is 2. The normalized spacial score (nSPS) is 19.2. The van der Waals surface area contributed by atoms with E-state index in [0.29, 0.717) is 13.1 Å². The van der Waals surface area contributed by atoms with Crippen LogP contribution in [0.25, 0.3) is 0 Å². The summed E-state index contributed by atoms with van der Waals surface area (Å²) in [6, 6.07) is 9.51. The first-order valence-corrected chi connectivity index (χ1v) is 11.7. The fourth-order valence-electron chi connectivity index (χ4n) is 4.69. The maximum absolute atomic E-state index is 12.9. The second kappa shape index (κ2) is 9.32. The number of rotatable bonds is 5. The Morgan fingerprint density at radius 2 is 1.69 bits per heavy atom. The van der Waals surface area contributed by atoms with Gasteiger partial charge in [0.2, 0.25) is 5.95 Å². The lowest BCUT2D eigenvalue weighted by Gasteiger charge is -2.35. The molecule has 0 spiro atoms. The molecule has 0 bridgehead atoms. The molecule has 0 atom stereocenters. The molecule has 2 fully saturated rings. The van der Waals surface area contributed by atoms with E-state index in [2.05, 4.69) is 21.7 Å². The van der Waals surface area contributed by atoms with E-state index in [4.69, 9.17) is 14.7 Å². The first kappa shape index (κ1) is 21.0. The number of nitrogens with zero attached hydrogens (tertiary/aromatic N) is 6. The standard InChI is InChI=1S/C24H32N6O2/c1-27-13-15-29(16-14-27)24-25-21-9-12-30(22(31)18-32-19-7-3-2-4-8-19)17-20(21)23(26-24)28-10-5-6-11-28/h2-4,7-8H,5-6,9-18H2,1H3. The summed E-state index contributed by atoms with van der Waals surface area (Å²) in [6.45, 7) is 7.30. The maximum Gasteiger partial charge on any atom is 0.260 e. The molecule has 0 unspecified atom stereocenters. The van der Waals surface area contributed by atoms with E-state index in [1.54, 1.807) is 0 Å². The van der Waals surface area contributed by atoms with Gasteiger partial charge in [-0.2, -0.15) is 4.98 Å². The number of piperazine rings is 1. The van der Waals surface area contributed by atoms with Gasteiger partial charge in [-0.05, 0) is 32.0 Å². The number of ether oxygens (including phenoxy) is 1. The third-order valence-corrected chi connectivity index (χ3v) is 6.68. The van der Waals surface area contributed by atoms with Crippen molar-refractivity contribution in [3.8, 4) is 5.75 Å². The van der Waals surface area contributed by atoms with Gasteiger partial charge < -0.3 is 24.3 Å². The minimum atomic E-state index is 0.00928. The van der Waals surface area contributed by atoms with Crippen molar-refractivity contribution in [1.29, 1.82) is 0 Å². The van der Waals surface area contributed by atoms with E-state index >= 15 is 0 Å². The van der Waals surface area contributed by atoms with Gasteiger partial charge in [0, 0.05) is 57.8 Å². The minimum Gasteiger partial charge on any atom is -0.484 e. The summed E-state index contributed by atoms with van der Waals surface area (Å²) in [5.41, 5.74) is 2.22. The Bertz CT molecular complexity index is 939. The molecule has 4 heterocycles. The number of fused-ring (bicyclic) bond motifs is 1. The number of amides is 1. The van der Waals surface area contributed by atoms with Crippen molar-refractivity contribution in [1.82, 2.24) is 19.8 Å². The lowest BCUT2D eigenvalue weighted by molar-refractivity contribution is -0.134. The summed E-state index contributed by atoms with van der Waals surface area (Å²) in [4.78, 5) is 31.9. The molecule has 32 heavy (non-hydrogen) atoms. The Kier molecular flexibility index (Phi) is 6.12. The number of hydrogen-bond acceptors (Lipinski definition) is 7. The molecule has 1 amide bonds. The predicted molar refractivity (Wildman–Crippen MR) is 124 cm³/mol. The van der Waals surface area contributed by atoms with Gasteiger partial charge in [0.15, 0.2) is 6.61 Å². The van der Waals surface area contributed by atoms with Gasteiger partial charge in [0.1, 0.15) is 11.6 Å². The lowest BCUT2D eigenvalue weighted by atomic mass is 10.1. The van der Waals surface area contributed by atoms with Crippen LogP contribution in [0.15, 0.2) is 30.3 Å². The molecule has 0 aliphatic carbocycles. The number of carbonyl (C=O) groups is 1. The molecule has 0 radical (unpaired) electrons. The molecular weight excluding hydrogens is 404 g/mol. The van der Waals surface area contributed by atoms with Crippen LogP contribution in [0.3, 0.4) is 0 Å². The summed E-state index contributed by atoms with van der Waals surface area (Å²) < 4.78 is 5.70. The third-order valence-electron chi connectivity index (χ3n) is 6.68. The fraction of sp³-hybridized carbons (Fsp3) is 0.542. The monoisotopic (exact) mass is 436 g/mol. The Morgan fingerprint density at radius 1 is 0.938 bits per heavy atom. The summed E-state index contributed by atoms with van der Waals surface area (Å²) >= 11 is 0. The topological polar surface area (TPSA) is 65.0 Å². The van der Waals surface area contributed by atoms with Crippen molar-refractivity contribution in [3.63, 3.8) is 0 Å². The first-order chi connectivity index (χ1) is 15.7. The number of hydrogen-bond donors (Lipinski definition) is 0. The number of likely N-dealkylation sites (N-methyl/N-ethyl adjacent to an activating group) is 1.